The Morgan fingerprint density at radius 1 is 1.11 bits per heavy atom. The molecule has 0 radical (unpaired) electrons. The van der Waals surface area contributed by atoms with Crippen LogP contribution < -0.4 is 16.0 Å². The predicted octanol–water partition coefficient (Wildman–Crippen LogP) is 1.84. The van der Waals surface area contributed by atoms with E-state index in [1.54, 1.807) is 24.3 Å². The number of anilines is 1. The predicted molar refractivity (Wildman–Crippen MR) is 102 cm³/mol. The summed E-state index contributed by atoms with van der Waals surface area (Å²) in [5.41, 5.74) is 1.83. The molecule has 8 heteroatoms. The second-order valence-electron chi connectivity index (χ2n) is 6.23. The molecule has 2 unspecified atom stereocenters. The molecule has 1 saturated heterocycles. The maximum atomic E-state index is 12.9. The zero-order chi connectivity index (χ0) is 18.5. The van der Waals surface area contributed by atoms with Gasteiger partial charge in [-0.2, -0.15) is 0 Å². The molecular weight excluding hydrogens is 373 g/mol. The van der Waals surface area contributed by atoms with Crippen molar-refractivity contribution in [1.82, 2.24) is 10.6 Å². The molecule has 2 aromatic carbocycles. The minimum absolute atomic E-state index is 0. The van der Waals surface area contributed by atoms with E-state index < -0.39 is 6.10 Å². The molecular formula is C19H21ClFN3O3. The Morgan fingerprint density at radius 3 is 2.37 bits per heavy atom. The van der Waals surface area contributed by atoms with Crippen molar-refractivity contribution in [2.24, 2.45) is 0 Å². The lowest BCUT2D eigenvalue weighted by atomic mass is 10.1. The average Bonchev–Trinajstić information content (AvgIpc) is 3.08. The molecule has 0 aliphatic carbocycles. The molecule has 6 nitrogen and oxygen atoms in total. The molecule has 1 heterocycles. The molecule has 0 saturated carbocycles. The normalized spacial score (nSPS) is 18.4. The third-order valence-electron chi connectivity index (χ3n) is 4.21. The summed E-state index contributed by atoms with van der Waals surface area (Å²) in [6.07, 6.45) is -0.0708. The van der Waals surface area contributed by atoms with Gasteiger partial charge in [0.2, 0.25) is 5.91 Å². The number of rotatable bonds is 5. The van der Waals surface area contributed by atoms with Gasteiger partial charge in [0.1, 0.15) is 5.82 Å². The Labute approximate surface area is 162 Å². The fourth-order valence-electron chi connectivity index (χ4n) is 2.74. The highest BCUT2D eigenvalue weighted by Gasteiger charge is 2.27. The van der Waals surface area contributed by atoms with Crippen LogP contribution in [0, 0.1) is 5.82 Å². The summed E-state index contributed by atoms with van der Waals surface area (Å²) in [7, 11) is 0. The zero-order valence-corrected chi connectivity index (χ0v) is 15.3. The van der Waals surface area contributed by atoms with Gasteiger partial charge >= 0.3 is 0 Å². The van der Waals surface area contributed by atoms with E-state index in [2.05, 4.69) is 16.0 Å². The first-order valence-corrected chi connectivity index (χ1v) is 8.36. The Bertz CT molecular complexity index is 784. The molecule has 1 aliphatic heterocycles. The van der Waals surface area contributed by atoms with Crippen molar-refractivity contribution in [3.63, 3.8) is 0 Å². The lowest BCUT2D eigenvalue weighted by Crippen LogP contribution is -2.40. The zero-order valence-electron chi connectivity index (χ0n) is 14.4. The van der Waals surface area contributed by atoms with E-state index in [4.69, 9.17) is 0 Å². The van der Waals surface area contributed by atoms with Crippen molar-refractivity contribution in [3.05, 3.63) is 65.5 Å². The fraction of sp³-hybridized carbons (Fsp3) is 0.263. The number of β-amino-alcohol motifs (C(OH)–C–C–N with tert-alkyl or cyclic N) is 1. The number of carbonyl (C=O) groups is 2. The van der Waals surface area contributed by atoms with Gasteiger partial charge in [0.25, 0.3) is 5.91 Å². The number of aliphatic hydroxyl groups is 1. The molecule has 2 aromatic rings. The van der Waals surface area contributed by atoms with Gasteiger partial charge in [-0.05, 0) is 48.4 Å². The van der Waals surface area contributed by atoms with Gasteiger partial charge < -0.3 is 21.1 Å². The van der Waals surface area contributed by atoms with E-state index in [1.165, 1.54) is 24.3 Å². The first kappa shape index (κ1) is 20.8. The summed E-state index contributed by atoms with van der Waals surface area (Å²) >= 11 is 0. The van der Waals surface area contributed by atoms with E-state index in [1.807, 2.05) is 0 Å². The largest absolute Gasteiger partial charge is 0.392 e. The number of aliphatic hydroxyl groups excluding tert-OH is 1. The lowest BCUT2D eigenvalue weighted by molar-refractivity contribution is -0.123. The lowest BCUT2D eigenvalue weighted by Gasteiger charge is -2.11. The van der Waals surface area contributed by atoms with Crippen LogP contribution in [-0.4, -0.2) is 35.6 Å². The molecule has 1 fully saturated rings. The Hall–Kier alpha value is -2.48. The highest BCUT2D eigenvalue weighted by atomic mass is 35.5. The molecule has 0 spiro atoms. The summed E-state index contributed by atoms with van der Waals surface area (Å²) in [5, 5.41) is 17.9. The van der Waals surface area contributed by atoms with Crippen LogP contribution in [0.2, 0.25) is 0 Å². The van der Waals surface area contributed by atoms with Crippen LogP contribution in [-0.2, 0) is 11.3 Å². The van der Waals surface area contributed by atoms with Crippen LogP contribution in [0.3, 0.4) is 0 Å². The third-order valence-corrected chi connectivity index (χ3v) is 4.21. The van der Waals surface area contributed by atoms with E-state index in [0.717, 1.165) is 5.56 Å². The average molecular weight is 394 g/mol. The standard InChI is InChI=1S/C19H20FN3O3.ClH/c20-14-5-7-15(8-6-14)23-18(25)13-3-1-12(2-4-13)10-22-19(26)17-9-16(24)11-21-17;/h1-8,16-17,21,24H,9-11H2,(H,22,26)(H,23,25);1H. The van der Waals surface area contributed by atoms with Crippen LogP contribution in [0.5, 0.6) is 0 Å². The number of benzene rings is 2. The van der Waals surface area contributed by atoms with Gasteiger partial charge in [-0.1, -0.05) is 12.1 Å². The second-order valence-corrected chi connectivity index (χ2v) is 6.23. The molecule has 4 N–H and O–H groups in total. The number of hydrogen-bond donors (Lipinski definition) is 4. The molecule has 0 bridgehead atoms. The molecule has 2 atom stereocenters. The van der Waals surface area contributed by atoms with Crippen LogP contribution in [0.1, 0.15) is 22.3 Å². The summed E-state index contributed by atoms with van der Waals surface area (Å²) in [6.45, 7) is 0.767. The molecule has 2 amide bonds. The molecule has 3 rings (SSSR count). The van der Waals surface area contributed by atoms with Crippen LogP contribution in [0.25, 0.3) is 0 Å². The molecule has 144 valence electrons. The van der Waals surface area contributed by atoms with Crippen LogP contribution in [0.4, 0.5) is 10.1 Å². The van der Waals surface area contributed by atoms with Gasteiger partial charge in [-0.3, -0.25) is 9.59 Å². The van der Waals surface area contributed by atoms with E-state index in [-0.39, 0.29) is 36.1 Å². The SMILES string of the molecule is Cl.O=C(Nc1ccc(F)cc1)c1ccc(CNC(=O)C2CC(O)CN2)cc1. The minimum atomic E-state index is -0.482. The third kappa shape index (κ3) is 5.75. The Balaban J connectivity index is 0.00000261. The van der Waals surface area contributed by atoms with Crippen molar-refractivity contribution in [2.45, 2.75) is 25.1 Å². The summed E-state index contributed by atoms with van der Waals surface area (Å²) in [4.78, 5) is 24.2. The maximum absolute atomic E-state index is 12.9. The molecule has 0 aromatic heterocycles. The smallest absolute Gasteiger partial charge is 0.255 e. The first-order chi connectivity index (χ1) is 12.5. The Kier molecular flexibility index (Phi) is 7.29. The van der Waals surface area contributed by atoms with Crippen molar-refractivity contribution in [2.75, 3.05) is 11.9 Å². The van der Waals surface area contributed by atoms with Crippen molar-refractivity contribution in [1.29, 1.82) is 0 Å². The number of halogens is 2. The summed E-state index contributed by atoms with van der Waals surface area (Å²) < 4.78 is 12.9. The van der Waals surface area contributed by atoms with Crippen LogP contribution in [0.15, 0.2) is 48.5 Å². The van der Waals surface area contributed by atoms with Crippen LogP contribution >= 0.6 is 12.4 Å². The monoisotopic (exact) mass is 393 g/mol. The maximum Gasteiger partial charge on any atom is 0.255 e. The van der Waals surface area contributed by atoms with Crippen molar-refractivity contribution < 1.29 is 19.1 Å². The topological polar surface area (TPSA) is 90.5 Å². The summed E-state index contributed by atoms with van der Waals surface area (Å²) in [5.74, 6) is -0.812. The first-order valence-electron chi connectivity index (χ1n) is 8.36. The van der Waals surface area contributed by atoms with Gasteiger partial charge in [0, 0.05) is 24.3 Å². The molecule has 1 aliphatic rings. The second kappa shape index (κ2) is 9.45. The number of carbonyl (C=O) groups excluding carboxylic acids is 2. The van der Waals surface area contributed by atoms with Gasteiger partial charge in [-0.15, -0.1) is 12.4 Å². The van der Waals surface area contributed by atoms with E-state index in [0.29, 0.717) is 30.8 Å². The van der Waals surface area contributed by atoms with E-state index in [9.17, 15) is 19.1 Å². The van der Waals surface area contributed by atoms with Gasteiger partial charge in [-0.25, -0.2) is 4.39 Å². The fourth-order valence-corrected chi connectivity index (χ4v) is 2.74. The van der Waals surface area contributed by atoms with E-state index >= 15 is 0 Å². The highest BCUT2D eigenvalue weighted by molar-refractivity contribution is 6.04. The molecule has 27 heavy (non-hydrogen) atoms. The number of amides is 2. The quantitative estimate of drug-likeness (QED) is 0.624. The van der Waals surface area contributed by atoms with Crippen molar-refractivity contribution >= 4 is 29.9 Å². The highest BCUT2D eigenvalue weighted by Crippen LogP contribution is 2.12. The number of nitrogens with one attached hydrogen (secondary N) is 3. The van der Waals surface area contributed by atoms with Crippen molar-refractivity contribution in [3.8, 4) is 0 Å². The number of hydrogen-bond acceptors (Lipinski definition) is 4. The van der Waals surface area contributed by atoms with Gasteiger partial charge in [0.15, 0.2) is 0 Å². The van der Waals surface area contributed by atoms with Gasteiger partial charge in [0.05, 0.1) is 12.1 Å². The summed E-state index contributed by atoms with van der Waals surface area (Å²) in [6, 6.07) is 12.0. The minimum Gasteiger partial charge on any atom is -0.392 e. The Morgan fingerprint density at radius 2 is 1.78 bits per heavy atom.